The van der Waals surface area contributed by atoms with E-state index in [4.69, 9.17) is 16.1 Å². The maximum atomic E-state index is 13.4. The summed E-state index contributed by atoms with van der Waals surface area (Å²) in [6, 6.07) is 7.51. The van der Waals surface area contributed by atoms with Crippen LogP contribution >= 0.6 is 11.6 Å². The first-order valence-electron chi connectivity index (χ1n) is 10.8. The highest BCUT2D eigenvalue weighted by molar-refractivity contribution is 6.31. The van der Waals surface area contributed by atoms with Gasteiger partial charge in [-0.25, -0.2) is 0 Å². The van der Waals surface area contributed by atoms with Crippen molar-refractivity contribution in [2.45, 2.75) is 58.5 Å². The Bertz CT molecular complexity index is 1000. The lowest BCUT2D eigenvalue weighted by Gasteiger charge is -2.34. The Labute approximate surface area is 199 Å². The van der Waals surface area contributed by atoms with E-state index in [2.05, 4.69) is 22.4 Å². The number of hydrogen-bond acceptors (Lipinski definition) is 5. The Kier molecular flexibility index (Phi) is 9.22. The molecule has 2 rings (SSSR count). The Morgan fingerprint density at radius 3 is 2.55 bits per heavy atom. The van der Waals surface area contributed by atoms with Gasteiger partial charge in [-0.05, 0) is 33.3 Å². The van der Waals surface area contributed by atoms with Gasteiger partial charge in [0.15, 0.2) is 5.82 Å². The fraction of sp³-hybridized carbons (Fsp3) is 0.417. The van der Waals surface area contributed by atoms with Gasteiger partial charge in [0, 0.05) is 41.6 Å². The van der Waals surface area contributed by atoms with Gasteiger partial charge in [0.1, 0.15) is 11.8 Å². The number of aromatic nitrogens is 1. The Morgan fingerprint density at radius 1 is 1.27 bits per heavy atom. The lowest BCUT2D eigenvalue weighted by Crippen LogP contribution is -2.50. The minimum Gasteiger partial charge on any atom is -0.360 e. The monoisotopic (exact) mass is 474 g/mol. The zero-order chi connectivity index (χ0) is 24.6. The summed E-state index contributed by atoms with van der Waals surface area (Å²) in [5, 5.41) is 9.66. The average Bonchev–Trinajstić information content (AvgIpc) is 3.17. The van der Waals surface area contributed by atoms with Crippen LogP contribution in [0.4, 0.5) is 5.82 Å². The van der Waals surface area contributed by atoms with Crippen molar-refractivity contribution in [1.29, 1.82) is 0 Å². The van der Waals surface area contributed by atoms with Crippen molar-refractivity contribution in [2.75, 3.05) is 11.9 Å². The van der Waals surface area contributed by atoms with E-state index in [-0.39, 0.29) is 42.9 Å². The van der Waals surface area contributed by atoms with Crippen LogP contribution in [0.5, 0.6) is 0 Å². The molecule has 0 aliphatic carbocycles. The molecule has 178 valence electrons. The molecule has 0 saturated carbocycles. The molecule has 1 aromatic carbocycles. The smallest absolute Gasteiger partial charge is 0.247 e. The van der Waals surface area contributed by atoms with Crippen molar-refractivity contribution < 1.29 is 18.9 Å². The number of amides is 3. The van der Waals surface area contributed by atoms with Crippen LogP contribution in [0.25, 0.3) is 0 Å². The summed E-state index contributed by atoms with van der Waals surface area (Å²) in [5.74, 6) is -0.283. The number of carbonyl (C=O) groups is 3. The van der Waals surface area contributed by atoms with Crippen molar-refractivity contribution in [2.24, 2.45) is 0 Å². The second kappa shape index (κ2) is 11.7. The van der Waals surface area contributed by atoms with Crippen LogP contribution in [0.1, 0.15) is 57.4 Å². The van der Waals surface area contributed by atoms with Gasteiger partial charge in [0.25, 0.3) is 0 Å². The molecule has 0 spiro atoms. The highest BCUT2D eigenvalue weighted by atomic mass is 35.5. The molecule has 1 aromatic heterocycles. The van der Waals surface area contributed by atoms with Crippen molar-refractivity contribution in [3.63, 3.8) is 0 Å². The van der Waals surface area contributed by atoms with Crippen molar-refractivity contribution in [1.82, 2.24) is 15.4 Å². The van der Waals surface area contributed by atoms with Gasteiger partial charge in [-0.1, -0.05) is 48.0 Å². The molecule has 1 heterocycles. The van der Waals surface area contributed by atoms with E-state index in [1.54, 1.807) is 37.3 Å². The molecule has 8 nitrogen and oxygen atoms in total. The van der Waals surface area contributed by atoms with Crippen LogP contribution in [0.3, 0.4) is 0 Å². The molecule has 0 saturated heterocycles. The third-order valence-electron chi connectivity index (χ3n) is 5.21. The molecule has 0 aliphatic heterocycles. The van der Waals surface area contributed by atoms with Gasteiger partial charge in [-0.15, -0.1) is 6.58 Å². The largest absolute Gasteiger partial charge is 0.360 e. The summed E-state index contributed by atoms with van der Waals surface area (Å²) in [4.78, 5) is 40.2. The fourth-order valence-electron chi connectivity index (χ4n) is 3.12. The standard InChI is InChI=1S/C24H31ClN4O4/c1-6-14-29(21(31)13-12-20(30)26-19-15-16(3)33-28-19)22(17-10-8-9-11-18(17)25)23(32)27-24(4,5)7-2/h6,8-11,15,22H,1,7,12-14H2,2-5H3,(H,27,32)(H,26,28,30)/t22-/m0/s1. The SMILES string of the molecule is C=CCN(C(=O)CCC(=O)Nc1cc(C)on1)[C@H](C(=O)NC(C)(C)CC)c1ccccc1Cl. The minimum atomic E-state index is -0.976. The van der Waals surface area contributed by atoms with E-state index in [1.165, 1.54) is 11.0 Å². The zero-order valence-electron chi connectivity index (χ0n) is 19.5. The van der Waals surface area contributed by atoms with Gasteiger partial charge in [0.2, 0.25) is 17.7 Å². The molecule has 0 radical (unpaired) electrons. The molecule has 3 amide bonds. The highest BCUT2D eigenvalue weighted by Crippen LogP contribution is 2.29. The average molecular weight is 475 g/mol. The lowest BCUT2D eigenvalue weighted by molar-refractivity contribution is -0.141. The number of benzene rings is 1. The number of halogens is 1. The molecule has 33 heavy (non-hydrogen) atoms. The van der Waals surface area contributed by atoms with Crippen molar-refractivity contribution >= 4 is 35.1 Å². The van der Waals surface area contributed by atoms with Gasteiger partial charge < -0.3 is 20.1 Å². The quantitative estimate of drug-likeness (QED) is 0.469. The summed E-state index contributed by atoms with van der Waals surface area (Å²) in [7, 11) is 0. The van der Waals surface area contributed by atoms with Crippen molar-refractivity contribution in [3.05, 3.63) is 59.3 Å². The van der Waals surface area contributed by atoms with E-state index in [1.807, 2.05) is 20.8 Å². The van der Waals surface area contributed by atoms with Crippen LogP contribution in [0.2, 0.25) is 5.02 Å². The summed E-state index contributed by atoms with van der Waals surface area (Å²) >= 11 is 6.41. The number of anilines is 1. The summed E-state index contributed by atoms with van der Waals surface area (Å²) < 4.78 is 4.92. The lowest BCUT2D eigenvalue weighted by atomic mass is 9.98. The topological polar surface area (TPSA) is 105 Å². The number of nitrogens with zero attached hydrogens (tertiary/aromatic N) is 2. The van der Waals surface area contributed by atoms with Gasteiger partial charge >= 0.3 is 0 Å². The second-order valence-corrected chi connectivity index (χ2v) is 8.76. The van der Waals surface area contributed by atoms with Crippen LogP contribution < -0.4 is 10.6 Å². The number of rotatable bonds is 11. The van der Waals surface area contributed by atoms with Crippen LogP contribution in [-0.4, -0.2) is 39.9 Å². The van der Waals surface area contributed by atoms with E-state index in [0.717, 1.165) is 0 Å². The molecule has 2 N–H and O–H groups in total. The summed E-state index contributed by atoms with van der Waals surface area (Å²) in [5.41, 5.74) is 0.0241. The predicted molar refractivity (Wildman–Crippen MR) is 128 cm³/mol. The molecule has 2 aromatic rings. The third kappa shape index (κ3) is 7.46. The van der Waals surface area contributed by atoms with Crippen molar-refractivity contribution in [3.8, 4) is 0 Å². The summed E-state index contributed by atoms with van der Waals surface area (Å²) in [6.07, 6.45) is 2.04. The first kappa shape index (κ1) is 26.1. The van der Waals surface area contributed by atoms with E-state index < -0.39 is 11.6 Å². The Morgan fingerprint density at radius 2 is 1.97 bits per heavy atom. The first-order valence-corrected chi connectivity index (χ1v) is 11.2. The molecular formula is C24H31ClN4O4. The molecular weight excluding hydrogens is 444 g/mol. The molecule has 0 bridgehead atoms. The molecule has 0 unspecified atom stereocenters. The normalized spacial score (nSPS) is 12.0. The van der Waals surface area contributed by atoms with E-state index in [9.17, 15) is 14.4 Å². The molecule has 9 heteroatoms. The van der Waals surface area contributed by atoms with E-state index >= 15 is 0 Å². The maximum absolute atomic E-state index is 13.4. The van der Waals surface area contributed by atoms with Crippen LogP contribution in [0, 0.1) is 6.92 Å². The van der Waals surface area contributed by atoms with Gasteiger partial charge in [-0.3, -0.25) is 14.4 Å². The number of aryl methyl sites for hydroxylation is 1. The van der Waals surface area contributed by atoms with Gasteiger partial charge in [-0.2, -0.15) is 0 Å². The van der Waals surface area contributed by atoms with Crippen LogP contribution in [0.15, 0.2) is 47.5 Å². The molecule has 0 aliphatic rings. The van der Waals surface area contributed by atoms with Gasteiger partial charge in [0.05, 0.1) is 0 Å². The number of nitrogens with one attached hydrogen (secondary N) is 2. The fourth-order valence-corrected chi connectivity index (χ4v) is 3.36. The highest BCUT2D eigenvalue weighted by Gasteiger charge is 2.34. The number of hydrogen-bond donors (Lipinski definition) is 2. The first-order chi connectivity index (χ1) is 15.6. The predicted octanol–water partition coefficient (Wildman–Crippen LogP) is 4.42. The minimum absolute atomic E-state index is 0.0876. The molecule has 0 fully saturated rings. The van der Waals surface area contributed by atoms with Crippen LogP contribution in [-0.2, 0) is 14.4 Å². The second-order valence-electron chi connectivity index (χ2n) is 8.36. The Balaban J connectivity index is 2.25. The summed E-state index contributed by atoms with van der Waals surface area (Å²) in [6.45, 7) is 11.3. The third-order valence-corrected chi connectivity index (χ3v) is 5.56. The number of carbonyl (C=O) groups excluding carboxylic acids is 3. The van der Waals surface area contributed by atoms with E-state index in [0.29, 0.717) is 22.8 Å². The maximum Gasteiger partial charge on any atom is 0.247 e. The zero-order valence-corrected chi connectivity index (χ0v) is 20.2. The Hall–Kier alpha value is -3.13. The molecule has 1 atom stereocenters.